The fourth-order valence-electron chi connectivity index (χ4n) is 2.51. The average Bonchev–Trinajstić information content (AvgIpc) is 3.01. The summed E-state index contributed by atoms with van der Waals surface area (Å²) in [6.45, 7) is 0.881. The molecule has 2 aromatic rings. The molecule has 0 bridgehead atoms. The van der Waals surface area contributed by atoms with Gasteiger partial charge in [-0.15, -0.1) is 0 Å². The normalized spacial score (nSPS) is 18.4. The van der Waals surface area contributed by atoms with Crippen molar-refractivity contribution in [1.29, 1.82) is 0 Å². The van der Waals surface area contributed by atoms with Crippen molar-refractivity contribution >= 4 is 23.4 Å². The molecule has 3 rings (SSSR count). The van der Waals surface area contributed by atoms with Gasteiger partial charge in [-0.3, -0.25) is 9.59 Å². The molecule has 2 heterocycles. The molecule has 1 saturated heterocycles. The highest BCUT2D eigenvalue weighted by atomic mass is 35.5. The van der Waals surface area contributed by atoms with E-state index < -0.39 is 6.04 Å². The van der Waals surface area contributed by atoms with Crippen LogP contribution in [0.25, 0.3) is 0 Å². The van der Waals surface area contributed by atoms with Gasteiger partial charge < -0.3 is 15.2 Å². The molecule has 1 aliphatic heterocycles. The van der Waals surface area contributed by atoms with E-state index in [1.165, 1.54) is 0 Å². The maximum absolute atomic E-state index is 12.6. The Bertz CT molecular complexity index is 669. The first-order chi connectivity index (χ1) is 10.2. The maximum atomic E-state index is 12.6. The summed E-state index contributed by atoms with van der Waals surface area (Å²) < 4.78 is 0. The van der Waals surface area contributed by atoms with Gasteiger partial charge in [-0.05, 0) is 18.2 Å². The largest absolute Gasteiger partial charge is 0.357 e. The van der Waals surface area contributed by atoms with Crippen molar-refractivity contribution in [3.05, 3.63) is 58.9 Å². The molecule has 2 amide bonds. The van der Waals surface area contributed by atoms with Gasteiger partial charge in [-0.2, -0.15) is 0 Å². The monoisotopic (exact) mass is 303 g/mol. The van der Waals surface area contributed by atoms with Crippen LogP contribution in [0.3, 0.4) is 0 Å². The van der Waals surface area contributed by atoms with Crippen LogP contribution in [0.2, 0.25) is 5.02 Å². The lowest BCUT2D eigenvalue weighted by molar-refractivity contribution is -0.128. The number of nitrogens with one attached hydrogen (secondary N) is 2. The van der Waals surface area contributed by atoms with E-state index in [4.69, 9.17) is 11.6 Å². The predicted octanol–water partition coefficient (Wildman–Crippen LogP) is 1.98. The predicted molar refractivity (Wildman–Crippen MR) is 79.0 cm³/mol. The second-order valence-corrected chi connectivity index (χ2v) is 5.20. The van der Waals surface area contributed by atoms with Gasteiger partial charge in [-0.25, -0.2) is 0 Å². The molecule has 1 aromatic heterocycles. The van der Waals surface area contributed by atoms with Crippen molar-refractivity contribution in [2.75, 3.05) is 13.1 Å². The van der Waals surface area contributed by atoms with E-state index in [1.807, 2.05) is 0 Å². The Hall–Kier alpha value is -2.27. The number of carbonyl (C=O) groups is 2. The molecule has 21 heavy (non-hydrogen) atoms. The number of amides is 2. The van der Waals surface area contributed by atoms with Gasteiger partial charge in [0, 0.05) is 29.9 Å². The van der Waals surface area contributed by atoms with E-state index >= 15 is 0 Å². The molecule has 6 heteroatoms. The first-order valence-electron chi connectivity index (χ1n) is 6.65. The lowest BCUT2D eigenvalue weighted by Gasteiger charge is -2.35. The van der Waals surface area contributed by atoms with Crippen molar-refractivity contribution in [2.24, 2.45) is 0 Å². The van der Waals surface area contributed by atoms with Crippen LogP contribution in [0.1, 0.15) is 22.1 Å². The van der Waals surface area contributed by atoms with E-state index in [-0.39, 0.29) is 11.8 Å². The minimum absolute atomic E-state index is 0.209. The van der Waals surface area contributed by atoms with E-state index in [0.717, 1.165) is 0 Å². The zero-order chi connectivity index (χ0) is 14.8. The van der Waals surface area contributed by atoms with E-state index in [2.05, 4.69) is 10.3 Å². The van der Waals surface area contributed by atoms with E-state index in [1.54, 1.807) is 47.5 Å². The van der Waals surface area contributed by atoms with Gasteiger partial charge in [0.2, 0.25) is 5.91 Å². The number of carbonyl (C=O) groups excluding carboxylic acids is 2. The molecule has 0 saturated carbocycles. The average molecular weight is 304 g/mol. The molecule has 1 atom stereocenters. The van der Waals surface area contributed by atoms with Crippen molar-refractivity contribution in [3.8, 4) is 0 Å². The molecule has 0 spiro atoms. The minimum Gasteiger partial charge on any atom is -0.357 e. The van der Waals surface area contributed by atoms with Crippen molar-refractivity contribution in [1.82, 2.24) is 15.2 Å². The van der Waals surface area contributed by atoms with Crippen LogP contribution < -0.4 is 5.32 Å². The number of piperazine rings is 1. The molecular weight excluding hydrogens is 290 g/mol. The third-order valence-corrected chi connectivity index (χ3v) is 3.85. The number of nitrogens with zero attached hydrogens (tertiary/aromatic N) is 1. The number of aromatic amines is 1. The summed E-state index contributed by atoms with van der Waals surface area (Å²) in [6.07, 6.45) is 1.68. The molecule has 1 fully saturated rings. The van der Waals surface area contributed by atoms with Crippen molar-refractivity contribution < 1.29 is 9.59 Å². The smallest absolute Gasteiger partial charge is 0.271 e. The molecule has 5 nitrogen and oxygen atoms in total. The summed E-state index contributed by atoms with van der Waals surface area (Å²) in [5, 5.41) is 3.26. The van der Waals surface area contributed by atoms with Gasteiger partial charge in [0.25, 0.3) is 5.91 Å². The van der Waals surface area contributed by atoms with Crippen molar-refractivity contribution in [3.63, 3.8) is 0 Å². The van der Waals surface area contributed by atoms with Gasteiger partial charge >= 0.3 is 0 Å². The third kappa shape index (κ3) is 2.52. The maximum Gasteiger partial charge on any atom is 0.271 e. The Morgan fingerprint density at radius 2 is 2.05 bits per heavy atom. The third-order valence-electron chi connectivity index (χ3n) is 3.50. The van der Waals surface area contributed by atoms with Crippen LogP contribution >= 0.6 is 11.6 Å². The summed E-state index contributed by atoms with van der Waals surface area (Å²) in [6, 6.07) is 9.83. The zero-order valence-electron chi connectivity index (χ0n) is 11.2. The number of halogens is 1. The lowest BCUT2D eigenvalue weighted by Crippen LogP contribution is -2.52. The second kappa shape index (κ2) is 5.61. The molecule has 108 valence electrons. The fraction of sp³-hybridized carbons (Fsp3) is 0.200. The first kappa shape index (κ1) is 13.7. The standard InChI is InChI=1S/C15H14ClN3O2/c16-11-5-2-1-4-10(11)13-14(20)18-8-9-19(13)15(21)12-6-3-7-17-12/h1-7,13,17H,8-9H2,(H,18,20)/t13-/m0/s1. The second-order valence-electron chi connectivity index (χ2n) is 4.80. The Labute approximate surface area is 126 Å². The van der Waals surface area contributed by atoms with Gasteiger partial charge in [0.15, 0.2) is 0 Å². The number of hydrogen-bond acceptors (Lipinski definition) is 2. The Balaban J connectivity index is 1.99. The molecule has 2 N–H and O–H groups in total. The quantitative estimate of drug-likeness (QED) is 0.891. The molecule has 0 aliphatic carbocycles. The summed E-state index contributed by atoms with van der Waals surface area (Å²) >= 11 is 6.19. The summed E-state index contributed by atoms with van der Waals surface area (Å²) in [5.41, 5.74) is 1.10. The number of H-pyrrole nitrogens is 1. The lowest BCUT2D eigenvalue weighted by atomic mass is 10.0. The summed E-state index contributed by atoms with van der Waals surface area (Å²) in [4.78, 5) is 29.3. The van der Waals surface area contributed by atoms with E-state index in [9.17, 15) is 9.59 Å². The number of hydrogen-bond donors (Lipinski definition) is 2. The summed E-state index contributed by atoms with van der Waals surface area (Å²) in [7, 11) is 0. The Morgan fingerprint density at radius 1 is 1.24 bits per heavy atom. The number of benzene rings is 1. The van der Waals surface area contributed by atoms with Gasteiger partial charge in [0.1, 0.15) is 11.7 Å². The topological polar surface area (TPSA) is 65.2 Å². The Morgan fingerprint density at radius 3 is 2.76 bits per heavy atom. The first-order valence-corrected chi connectivity index (χ1v) is 7.03. The van der Waals surface area contributed by atoms with Crippen LogP contribution in [0, 0.1) is 0 Å². The molecule has 0 unspecified atom stereocenters. The van der Waals surface area contributed by atoms with Crippen molar-refractivity contribution in [2.45, 2.75) is 6.04 Å². The SMILES string of the molecule is O=C1NCCN(C(=O)c2ccc[nH]2)[C@H]1c1ccccc1Cl. The highest BCUT2D eigenvalue weighted by Gasteiger charge is 2.36. The van der Waals surface area contributed by atoms with Crippen LogP contribution in [-0.2, 0) is 4.79 Å². The minimum atomic E-state index is -0.705. The van der Waals surface area contributed by atoms with Crippen LogP contribution in [0.5, 0.6) is 0 Å². The zero-order valence-corrected chi connectivity index (χ0v) is 11.9. The number of aromatic nitrogens is 1. The molecule has 1 aromatic carbocycles. The molecule has 0 radical (unpaired) electrons. The van der Waals surface area contributed by atoms with Gasteiger partial charge in [-0.1, -0.05) is 29.8 Å². The van der Waals surface area contributed by atoms with Crippen LogP contribution in [0.4, 0.5) is 0 Å². The highest BCUT2D eigenvalue weighted by molar-refractivity contribution is 6.31. The number of rotatable bonds is 2. The molecule has 1 aliphatic rings. The molecular formula is C15H14ClN3O2. The van der Waals surface area contributed by atoms with E-state index in [0.29, 0.717) is 29.4 Å². The van der Waals surface area contributed by atoms with Gasteiger partial charge in [0.05, 0.1) is 0 Å². The highest BCUT2D eigenvalue weighted by Crippen LogP contribution is 2.30. The Kier molecular flexibility index (Phi) is 3.66. The summed E-state index contributed by atoms with van der Waals surface area (Å²) in [5.74, 6) is -0.422. The van der Waals surface area contributed by atoms with Crippen LogP contribution in [0.15, 0.2) is 42.6 Å². The fourth-order valence-corrected chi connectivity index (χ4v) is 2.75. The van der Waals surface area contributed by atoms with Crippen LogP contribution in [-0.4, -0.2) is 34.8 Å².